The van der Waals surface area contributed by atoms with Gasteiger partial charge in [-0.15, -0.1) is 0 Å². The molecular weight excluding hydrogens is 312 g/mol. The summed E-state index contributed by atoms with van der Waals surface area (Å²) in [6, 6.07) is 15.2. The first-order valence-electron chi connectivity index (χ1n) is 8.15. The smallest absolute Gasteiger partial charge is 0.271 e. The molecule has 4 heteroatoms. The molecule has 130 valence electrons. The van der Waals surface area contributed by atoms with Crippen molar-refractivity contribution in [1.29, 1.82) is 0 Å². The van der Waals surface area contributed by atoms with E-state index in [0.29, 0.717) is 5.56 Å². The van der Waals surface area contributed by atoms with Crippen LogP contribution in [0.4, 0.5) is 0 Å². The molecule has 0 aromatic heterocycles. The number of ether oxygens (including phenoxy) is 1. The van der Waals surface area contributed by atoms with Crippen molar-refractivity contribution in [1.82, 2.24) is 5.43 Å². The molecule has 2 rings (SSSR count). The predicted octanol–water partition coefficient (Wildman–Crippen LogP) is 4.42. The fourth-order valence-corrected chi connectivity index (χ4v) is 2.19. The highest BCUT2D eigenvalue weighted by atomic mass is 16.5. The highest BCUT2D eigenvalue weighted by Crippen LogP contribution is 2.22. The van der Waals surface area contributed by atoms with Crippen molar-refractivity contribution in [2.24, 2.45) is 5.10 Å². The normalized spacial score (nSPS) is 11.8. The van der Waals surface area contributed by atoms with Crippen LogP contribution in [0.3, 0.4) is 0 Å². The van der Waals surface area contributed by atoms with Gasteiger partial charge in [-0.3, -0.25) is 4.79 Å². The predicted molar refractivity (Wildman–Crippen MR) is 103 cm³/mol. The standard InChI is InChI=1S/C21H24N2O2/c1-21(2,3)18-11-9-17(10-12-18)20(24)23-22-15-5-6-16-7-13-19(25-4)14-8-16/h5-15H,1-4H3,(H,23,24)/b6-5+,22-15+. The number of hydrogen-bond acceptors (Lipinski definition) is 3. The molecule has 0 saturated heterocycles. The van der Waals surface area contributed by atoms with Crippen LogP contribution in [0.1, 0.15) is 42.3 Å². The molecule has 0 atom stereocenters. The fourth-order valence-electron chi connectivity index (χ4n) is 2.19. The third-order valence-corrected chi connectivity index (χ3v) is 3.74. The van der Waals surface area contributed by atoms with Crippen LogP contribution < -0.4 is 10.2 Å². The van der Waals surface area contributed by atoms with E-state index < -0.39 is 0 Å². The van der Waals surface area contributed by atoms with Gasteiger partial charge in [-0.1, -0.05) is 51.1 Å². The van der Waals surface area contributed by atoms with E-state index in [-0.39, 0.29) is 11.3 Å². The summed E-state index contributed by atoms with van der Waals surface area (Å²) in [6.07, 6.45) is 5.21. The zero-order chi connectivity index (χ0) is 18.3. The second-order valence-electron chi connectivity index (χ2n) is 6.68. The fraction of sp³-hybridized carbons (Fsp3) is 0.238. The molecule has 0 spiro atoms. The summed E-state index contributed by atoms with van der Waals surface area (Å²) in [7, 11) is 1.64. The van der Waals surface area contributed by atoms with Gasteiger partial charge in [0.1, 0.15) is 5.75 Å². The lowest BCUT2D eigenvalue weighted by molar-refractivity contribution is 0.0955. The first-order valence-corrected chi connectivity index (χ1v) is 8.15. The minimum absolute atomic E-state index is 0.0689. The second-order valence-corrected chi connectivity index (χ2v) is 6.68. The van der Waals surface area contributed by atoms with Gasteiger partial charge in [0.25, 0.3) is 5.91 Å². The maximum Gasteiger partial charge on any atom is 0.271 e. The molecular formula is C21H24N2O2. The lowest BCUT2D eigenvalue weighted by Crippen LogP contribution is -2.18. The molecule has 0 unspecified atom stereocenters. The Bertz CT molecular complexity index is 752. The van der Waals surface area contributed by atoms with E-state index in [1.165, 1.54) is 5.56 Å². The Morgan fingerprint density at radius 3 is 2.24 bits per heavy atom. The monoisotopic (exact) mass is 336 g/mol. The van der Waals surface area contributed by atoms with Gasteiger partial charge in [-0.2, -0.15) is 5.10 Å². The highest BCUT2D eigenvalue weighted by molar-refractivity contribution is 5.94. The van der Waals surface area contributed by atoms with Crippen LogP contribution in [0.25, 0.3) is 6.08 Å². The van der Waals surface area contributed by atoms with Crippen LogP contribution in [-0.2, 0) is 5.41 Å². The van der Waals surface area contributed by atoms with Crippen molar-refractivity contribution in [2.75, 3.05) is 7.11 Å². The number of hydrogen-bond donors (Lipinski definition) is 1. The van der Waals surface area contributed by atoms with E-state index >= 15 is 0 Å². The molecule has 1 amide bonds. The minimum Gasteiger partial charge on any atom is -0.497 e. The van der Waals surface area contributed by atoms with Crippen LogP contribution in [0.2, 0.25) is 0 Å². The topological polar surface area (TPSA) is 50.7 Å². The SMILES string of the molecule is COc1ccc(/C=C/C=N/NC(=O)c2ccc(C(C)(C)C)cc2)cc1. The van der Waals surface area contributed by atoms with Gasteiger partial charge >= 0.3 is 0 Å². The van der Waals surface area contributed by atoms with Crippen LogP contribution in [-0.4, -0.2) is 19.2 Å². The van der Waals surface area contributed by atoms with E-state index in [1.54, 1.807) is 19.4 Å². The second kappa shape index (κ2) is 8.29. The summed E-state index contributed by atoms with van der Waals surface area (Å²) in [6.45, 7) is 6.42. The van der Waals surface area contributed by atoms with Crippen molar-refractivity contribution in [3.63, 3.8) is 0 Å². The van der Waals surface area contributed by atoms with Crippen molar-refractivity contribution < 1.29 is 9.53 Å². The molecule has 0 radical (unpaired) electrons. The Labute approximate surface area is 149 Å². The molecule has 0 fully saturated rings. The lowest BCUT2D eigenvalue weighted by Gasteiger charge is -2.18. The van der Waals surface area contributed by atoms with E-state index in [0.717, 1.165) is 11.3 Å². The van der Waals surface area contributed by atoms with Gasteiger partial charge < -0.3 is 4.74 Å². The summed E-state index contributed by atoms with van der Waals surface area (Å²) in [5.74, 6) is 0.588. The van der Waals surface area contributed by atoms with Crippen molar-refractivity contribution in [3.05, 3.63) is 71.3 Å². The third kappa shape index (κ3) is 5.60. The zero-order valence-electron chi connectivity index (χ0n) is 15.1. The van der Waals surface area contributed by atoms with Gasteiger partial charge in [-0.05, 0) is 46.9 Å². The summed E-state index contributed by atoms with van der Waals surface area (Å²) < 4.78 is 5.11. The number of allylic oxidation sites excluding steroid dienone is 1. The molecule has 0 aliphatic heterocycles. The Morgan fingerprint density at radius 1 is 1.04 bits per heavy atom. The Kier molecular flexibility index (Phi) is 6.12. The first-order chi connectivity index (χ1) is 11.9. The van der Waals surface area contributed by atoms with Gasteiger partial charge in [0.2, 0.25) is 0 Å². The Hall–Kier alpha value is -2.88. The maximum absolute atomic E-state index is 12.0. The summed E-state index contributed by atoms with van der Waals surface area (Å²) >= 11 is 0. The van der Waals surface area contributed by atoms with Crippen LogP contribution in [0.15, 0.2) is 59.7 Å². The third-order valence-electron chi connectivity index (χ3n) is 3.74. The molecule has 0 aliphatic rings. The first kappa shape index (κ1) is 18.5. The van der Waals surface area contributed by atoms with Crippen molar-refractivity contribution in [2.45, 2.75) is 26.2 Å². The number of rotatable bonds is 5. The highest BCUT2D eigenvalue weighted by Gasteiger charge is 2.13. The molecule has 0 aliphatic carbocycles. The number of hydrazone groups is 1. The maximum atomic E-state index is 12.0. The minimum atomic E-state index is -0.227. The summed E-state index contributed by atoms with van der Waals surface area (Å²) in [4.78, 5) is 12.0. The number of methoxy groups -OCH3 is 1. The number of nitrogens with one attached hydrogen (secondary N) is 1. The zero-order valence-corrected chi connectivity index (χ0v) is 15.1. The molecule has 0 saturated carbocycles. The number of nitrogens with zero attached hydrogens (tertiary/aromatic N) is 1. The number of benzene rings is 2. The average Bonchev–Trinajstić information content (AvgIpc) is 2.61. The van der Waals surface area contributed by atoms with Gasteiger partial charge in [0, 0.05) is 11.8 Å². The van der Waals surface area contributed by atoms with Gasteiger partial charge in [0.05, 0.1) is 7.11 Å². The van der Waals surface area contributed by atoms with E-state index in [4.69, 9.17) is 4.74 Å². The van der Waals surface area contributed by atoms with Gasteiger partial charge in [-0.25, -0.2) is 5.43 Å². The van der Waals surface area contributed by atoms with Gasteiger partial charge in [0.15, 0.2) is 0 Å². The molecule has 0 bridgehead atoms. The molecule has 1 N–H and O–H groups in total. The summed E-state index contributed by atoms with van der Waals surface area (Å²) in [5.41, 5.74) is 5.39. The van der Waals surface area contributed by atoms with Crippen LogP contribution in [0.5, 0.6) is 5.75 Å². The number of carbonyl (C=O) groups is 1. The molecule has 25 heavy (non-hydrogen) atoms. The Balaban J connectivity index is 1.88. The number of amides is 1. The van der Waals surface area contributed by atoms with Crippen molar-refractivity contribution >= 4 is 18.2 Å². The molecule has 4 nitrogen and oxygen atoms in total. The van der Waals surface area contributed by atoms with E-state index in [1.807, 2.05) is 54.6 Å². The average molecular weight is 336 g/mol. The molecule has 2 aromatic carbocycles. The van der Waals surface area contributed by atoms with Crippen LogP contribution in [0, 0.1) is 0 Å². The van der Waals surface area contributed by atoms with Crippen LogP contribution >= 0.6 is 0 Å². The number of carbonyl (C=O) groups excluding carboxylic acids is 1. The van der Waals surface area contributed by atoms with E-state index in [9.17, 15) is 4.79 Å². The molecule has 2 aromatic rings. The van der Waals surface area contributed by atoms with E-state index in [2.05, 4.69) is 31.3 Å². The quantitative estimate of drug-likeness (QED) is 0.649. The largest absolute Gasteiger partial charge is 0.497 e. The lowest BCUT2D eigenvalue weighted by atomic mass is 9.87. The summed E-state index contributed by atoms with van der Waals surface area (Å²) in [5, 5.41) is 3.93. The van der Waals surface area contributed by atoms with Crippen molar-refractivity contribution in [3.8, 4) is 5.75 Å². The molecule has 0 heterocycles. The Morgan fingerprint density at radius 2 is 1.68 bits per heavy atom.